The Morgan fingerprint density at radius 2 is 1.75 bits per heavy atom. The molecule has 0 saturated carbocycles. The van der Waals surface area contributed by atoms with Gasteiger partial charge in [0.1, 0.15) is 18.2 Å². The molecular weight excluding hydrogens is 381 g/mol. The van der Waals surface area contributed by atoms with Crippen LogP contribution in [0, 0.1) is 17.5 Å². The van der Waals surface area contributed by atoms with Crippen molar-refractivity contribution in [2.45, 2.75) is 20.0 Å². The zero-order valence-corrected chi connectivity index (χ0v) is 14.9. The van der Waals surface area contributed by atoms with E-state index in [1.807, 2.05) is 0 Å². The molecule has 0 heterocycles. The Morgan fingerprint density at radius 3 is 2.46 bits per heavy atom. The molecule has 0 aliphatic rings. The summed E-state index contributed by atoms with van der Waals surface area (Å²) in [5.74, 6) is -3.60. The molecule has 0 aliphatic heterocycles. The van der Waals surface area contributed by atoms with Crippen molar-refractivity contribution in [2.75, 3.05) is 13.2 Å². The van der Waals surface area contributed by atoms with Gasteiger partial charge in [-0.25, -0.2) is 13.2 Å². The average molecular weight is 398 g/mol. The van der Waals surface area contributed by atoms with Crippen molar-refractivity contribution in [1.29, 1.82) is 0 Å². The third kappa shape index (κ3) is 5.90. The molecule has 0 N–H and O–H groups in total. The fourth-order valence-corrected chi connectivity index (χ4v) is 2.20. The van der Waals surface area contributed by atoms with E-state index in [0.717, 1.165) is 18.2 Å². The monoisotopic (exact) mass is 398 g/mol. The van der Waals surface area contributed by atoms with Gasteiger partial charge in [0.25, 0.3) is 6.47 Å². The van der Waals surface area contributed by atoms with Crippen LogP contribution in [0.1, 0.15) is 18.9 Å². The third-order valence-electron chi connectivity index (χ3n) is 3.46. The van der Waals surface area contributed by atoms with E-state index in [4.69, 9.17) is 14.2 Å². The van der Waals surface area contributed by atoms with Gasteiger partial charge >= 0.3 is 5.97 Å². The number of halogens is 3. The van der Waals surface area contributed by atoms with Crippen molar-refractivity contribution in [1.82, 2.24) is 0 Å². The van der Waals surface area contributed by atoms with Crippen LogP contribution in [0.25, 0.3) is 0 Å². The molecule has 6 nitrogen and oxygen atoms in total. The highest BCUT2D eigenvalue weighted by Gasteiger charge is 2.17. The Kier molecular flexibility index (Phi) is 7.67. The van der Waals surface area contributed by atoms with Crippen molar-refractivity contribution in [3.63, 3.8) is 0 Å². The predicted molar refractivity (Wildman–Crippen MR) is 90.5 cm³/mol. The van der Waals surface area contributed by atoms with E-state index < -0.39 is 30.0 Å². The minimum Gasteiger partial charge on any atom is -0.493 e. The lowest BCUT2D eigenvalue weighted by atomic mass is 10.2. The summed E-state index contributed by atoms with van der Waals surface area (Å²) in [4.78, 5) is 21.2. The SMILES string of the molecule is CC(=O)OCCCOc1ccc(F)c(F)c1COc1ccc(F)cc1OC=O. The minimum absolute atomic E-state index is 0.0293. The van der Waals surface area contributed by atoms with E-state index in [1.165, 1.54) is 19.1 Å². The molecule has 0 radical (unpaired) electrons. The number of carbonyl (C=O) groups is 2. The van der Waals surface area contributed by atoms with Crippen LogP contribution in [0.4, 0.5) is 13.2 Å². The van der Waals surface area contributed by atoms with Crippen molar-refractivity contribution in [3.05, 3.63) is 53.3 Å². The summed E-state index contributed by atoms with van der Waals surface area (Å²) in [5, 5.41) is 0. The molecule has 0 aliphatic carbocycles. The Labute approximate surface area is 158 Å². The molecule has 150 valence electrons. The van der Waals surface area contributed by atoms with Crippen molar-refractivity contribution in [2.24, 2.45) is 0 Å². The van der Waals surface area contributed by atoms with Crippen LogP contribution >= 0.6 is 0 Å². The van der Waals surface area contributed by atoms with Gasteiger partial charge in [-0.1, -0.05) is 0 Å². The minimum atomic E-state index is -1.17. The van der Waals surface area contributed by atoms with Crippen LogP contribution in [0.3, 0.4) is 0 Å². The van der Waals surface area contributed by atoms with Gasteiger partial charge in [0.05, 0.1) is 18.8 Å². The van der Waals surface area contributed by atoms with E-state index >= 15 is 0 Å². The summed E-state index contributed by atoms with van der Waals surface area (Å²) in [5.41, 5.74) is -0.214. The molecule has 0 amide bonds. The smallest absolute Gasteiger partial charge is 0.302 e. The van der Waals surface area contributed by atoms with Gasteiger partial charge in [0.15, 0.2) is 23.1 Å². The van der Waals surface area contributed by atoms with Gasteiger partial charge in [-0.2, -0.15) is 0 Å². The van der Waals surface area contributed by atoms with E-state index in [9.17, 15) is 22.8 Å². The number of rotatable bonds is 10. The second-order valence-corrected chi connectivity index (χ2v) is 5.47. The molecule has 0 aromatic heterocycles. The predicted octanol–water partition coefficient (Wildman–Crippen LogP) is 3.55. The molecule has 2 aromatic carbocycles. The second kappa shape index (κ2) is 10.2. The fourth-order valence-electron chi connectivity index (χ4n) is 2.20. The molecule has 0 saturated heterocycles. The van der Waals surface area contributed by atoms with Gasteiger partial charge in [0.2, 0.25) is 0 Å². The van der Waals surface area contributed by atoms with Crippen LogP contribution < -0.4 is 14.2 Å². The maximum Gasteiger partial charge on any atom is 0.302 e. The Bertz CT molecular complexity index is 841. The lowest BCUT2D eigenvalue weighted by Gasteiger charge is -2.15. The van der Waals surface area contributed by atoms with Gasteiger partial charge in [-0.05, 0) is 24.3 Å². The van der Waals surface area contributed by atoms with Crippen LogP contribution in [0.15, 0.2) is 30.3 Å². The summed E-state index contributed by atoms with van der Waals surface area (Å²) in [6.07, 6.45) is 0.341. The van der Waals surface area contributed by atoms with E-state index in [0.29, 0.717) is 6.42 Å². The Morgan fingerprint density at radius 1 is 1.00 bits per heavy atom. The van der Waals surface area contributed by atoms with Gasteiger partial charge < -0.3 is 18.9 Å². The first-order valence-electron chi connectivity index (χ1n) is 8.18. The van der Waals surface area contributed by atoms with E-state index in [1.54, 1.807) is 0 Å². The highest BCUT2D eigenvalue weighted by molar-refractivity contribution is 5.65. The summed E-state index contributed by atoms with van der Waals surface area (Å²) >= 11 is 0. The first kappa shape index (κ1) is 21.1. The second-order valence-electron chi connectivity index (χ2n) is 5.47. The summed E-state index contributed by atoms with van der Waals surface area (Å²) in [7, 11) is 0. The molecule has 2 rings (SSSR count). The molecule has 9 heteroatoms. The van der Waals surface area contributed by atoms with Crippen molar-refractivity contribution in [3.8, 4) is 17.2 Å². The van der Waals surface area contributed by atoms with Gasteiger partial charge in [-0.15, -0.1) is 0 Å². The molecule has 0 unspecified atom stereocenters. The normalized spacial score (nSPS) is 10.3. The topological polar surface area (TPSA) is 71.1 Å². The van der Waals surface area contributed by atoms with Crippen LogP contribution in [0.2, 0.25) is 0 Å². The van der Waals surface area contributed by atoms with Crippen molar-refractivity contribution < 1.29 is 41.7 Å². The number of hydrogen-bond acceptors (Lipinski definition) is 6. The van der Waals surface area contributed by atoms with Gasteiger partial charge in [0, 0.05) is 19.4 Å². The molecular formula is C19H17F3O6. The largest absolute Gasteiger partial charge is 0.493 e. The van der Waals surface area contributed by atoms with Crippen LogP contribution in [-0.4, -0.2) is 25.7 Å². The summed E-state index contributed by atoms with van der Waals surface area (Å²) in [6.45, 7) is 1.09. The first-order chi connectivity index (χ1) is 13.4. The Balaban J connectivity index is 2.10. The molecule has 0 fully saturated rings. The lowest BCUT2D eigenvalue weighted by Crippen LogP contribution is -2.09. The fraction of sp³-hybridized carbons (Fsp3) is 0.263. The lowest BCUT2D eigenvalue weighted by molar-refractivity contribution is -0.141. The zero-order chi connectivity index (χ0) is 20.5. The van der Waals surface area contributed by atoms with Crippen molar-refractivity contribution >= 4 is 12.4 Å². The highest BCUT2D eigenvalue weighted by atomic mass is 19.2. The standard InChI is InChI=1S/C19H17F3O6/c1-12(24)25-7-2-8-26-16-6-4-15(21)19(22)14(16)10-27-17-5-3-13(20)9-18(17)28-11-23/h3-6,9,11H,2,7-8,10H2,1H3. The number of esters is 1. The molecule has 0 bridgehead atoms. The average Bonchev–Trinajstić information content (AvgIpc) is 2.65. The van der Waals surface area contributed by atoms with Crippen LogP contribution in [0.5, 0.6) is 17.2 Å². The Hall–Kier alpha value is -3.23. The van der Waals surface area contributed by atoms with Crippen LogP contribution in [-0.2, 0) is 20.9 Å². The number of ether oxygens (including phenoxy) is 4. The maximum absolute atomic E-state index is 14.2. The quantitative estimate of drug-likeness (QED) is 0.346. The molecule has 0 atom stereocenters. The zero-order valence-electron chi connectivity index (χ0n) is 14.9. The number of hydrogen-bond donors (Lipinski definition) is 0. The molecule has 0 spiro atoms. The van der Waals surface area contributed by atoms with E-state index in [-0.39, 0.29) is 42.5 Å². The number of carbonyl (C=O) groups excluding carboxylic acids is 2. The molecule has 2 aromatic rings. The van der Waals surface area contributed by atoms with E-state index in [2.05, 4.69) is 4.74 Å². The number of benzene rings is 2. The first-order valence-corrected chi connectivity index (χ1v) is 8.18. The summed E-state index contributed by atoms with van der Waals surface area (Å²) < 4.78 is 61.2. The maximum atomic E-state index is 14.2. The summed E-state index contributed by atoms with van der Waals surface area (Å²) in [6, 6.07) is 5.29. The molecule has 28 heavy (non-hydrogen) atoms. The highest BCUT2D eigenvalue weighted by Crippen LogP contribution is 2.31. The van der Waals surface area contributed by atoms with Gasteiger partial charge in [-0.3, -0.25) is 9.59 Å². The third-order valence-corrected chi connectivity index (χ3v) is 3.46.